The van der Waals surface area contributed by atoms with Gasteiger partial charge in [0.2, 0.25) is 0 Å². The minimum Gasteiger partial charge on any atom is -0.493 e. The number of hydrogen-bond donors (Lipinski definition) is 0. The third kappa shape index (κ3) is 4.37. The summed E-state index contributed by atoms with van der Waals surface area (Å²) in [4.78, 5) is 0. The minimum absolute atomic E-state index is 0.0505. The summed E-state index contributed by atoms with van der Waals surface area (Å²) in [5, 5.41) is 0. The molecule has 16 heavy (non-hydrogen) atoms. The Bertz CT molecular complexity index is 466. The van der Waals surface area contributed by atoms with Gasteiger partial charge in [0.1, 0.15) is 18.1 Å². The van der Waals surface area contributed by atoms with Crippen molar-refractivity contribution >= 4 is 9.84 Å². The van der Waals surface area contributed by atoms with Gasteiger partial charge in [-0.2, -0.15) is 0 Å². The first-order chi connectivity index (χ1) is 7.53. The van der Waals surface area contributed by atoms with Gasteiger partial charge in [-0.1, -0.05) is 23.6 Å². The molecule has 1 rings (SSSR count). The van der Waals surface area contributed by atoms with Crippen molar-refractivity contribution in [3.8, 4) is 18.1 Å². The summed E-state index contributed by atoms with van der Waals surface area (Å²) in [7, 11) is -3.17. The smallest absolute Gasteiger partial charge is 0.164 e. The Kier molecular flexibility index (Phi) is 4.39. The summed E-state index contributed by atoms with van der Waals surface area (Å²) in [6, 6.07) is 7.43. The van der Waals surface area contributed by atoms with E-state index in [1.807, 2.05) is 31.2 Å². The Morgan fingerprint density at radius 2 is 1.94 bits per heavy atom. The fourth-order valence-electron chi connectivity index (χ4n) is 1.12. The van der Waals surface area contributed by atoms with Crippen LogP contribution in [0.2, 0.25) is 0 Å². The van der Waals surface area contributed by atoms with Gasteiger partial charge in [-0.15, -0.1) is 6.42 Å². The third-order valence-corrected chi connectivity index (χ3v) is 3.38. The van der Waals surface area contributed by atoms with E-state index in [1.165, 1.54) is 0 Å². The van der Waals surface area contributed by atoms with Crippen LogP contribution in [0.3, 0.4) is 0 Å². The molecule has 4 heteroatoms. The fraction of sp³-hybridized carbons (Fsp3) is 0.333. The molecule has 0 aliphatic rings. The van der Waals surface area contributed by atoms with E-state index in [9.17, 15) is 8.42 Å². The number of aryl methyl sites for hydroxylation is 1. The molecule has 0 spiro atoms. The molecule has 0 atom stereocenters. The Hall–Kier alpha value is -1.47. The maximum Gasteiger partial charge on any atom is 0.164 e. The third-order valence-electron chi connectivity index (χ3n) is 1.99. The molecular weight excluding hydrogens is 224 g/mol. The number of hydrogen-bond acceptors (Lipinski definition) is 3. The van der Waals surface area contributed by atoms with Crippen LogP contribution in [0.5, 0.6) is 5.75 Å². The molecule has 86 valence electrons. The summed E-state index contributed by atoms with van der Waals surface area (Å²) in [5.41, 5.74) is 1.13. The first-order valence-corrected chi connectivity index (χ1v) is 6.69. The fourth-order valence-corrected chi connectivity index (χ4v) is 1.86. The van der Waals surface area contributed by atoms with E-state index in [0.29, 0.717) is 5.75 Å². The van der Waals surface area contributed by atoms with Crippen molar-refractivity contribution < 1.29 is 13.2 Å². The second-order valence-electron chi connectivity index (χ2n) is 3.46. The maximum absolute atomic E-state index is 11.3. The summed E-state index contributed by atoms with van der Waals surface area (Å²) in [6.07, 6.45) is 4.94. The molecule has 0 fully saturated rings. The number of sulfone groups is 1. The highest BCUT2D eigenvalue weighted by Gasteiger charge is 2.08. The molecule has 0 aliphatic heterocycles. The van der Waals surface area contributed by atoms with Crippen LogP contribution in [0, 0.1) is 19.3 Å². The van der Waals surface area contributed by atoms with Gasteiger partial charge in [0.25, 0.3) is 0 Å². The average molecular weight is 238 g/mol. The topological polar surface area (TPSA) is 43.4 Å². The number of benzene rings is 1. The van der Waals surface area contributed by atoms with E-state index in [-0.39, 0.29) is 18.1 Å². The van der Waals surface area contributed by atoms with Gasteiger partial charge in [-0.3, -0.25) is 0 Å². The van der Waals surface area contributed by atoms with Gasteiger partial charge in [0.05, 0.1) is 5.75 Å². The second-order valence-corrected chi connectivity index (χ2v) is 5.64. The van der Waals surface area contributed by atoms with Gasteiger partial charge in [-0.05, 0) is 19.1 Å². The highest BCUT2D eigenvalue weighted by molar-refractivity contribution is 7.91. The highest BCUT2D eigenvalue weighted by Crippen LogP contribution is 2.11. The van der Waals surface area contributed by atoms with Crippen molar-refractivity contribution in [2.24, 2.45) is 0 Å². The normalized spacial score (nSPS) is 10.8. The predicted octanol–water partition coefficient (Wildman–Crippen LogP) is 1.42. The molecule has 0 amide bonds. The maximum atomic E-state index is 11.3. The molecule has 0 saturated heterocycles. The van der Waals surface area contributed by atoms with Gasteiger partial charge < -0.3 is 4.74 Å². The molecule has 0 bridgehead atoms. The van der Waals surface area contributed by atoms with Crippen molar-refractivity contribution in [2.75, 3.05) is 18.1 Å². The van der Waals surface area contributed by atoms with Crippen LogP contribution in [0.25, 0.3) is 0 Å². The van der Waals surface area contributed by atoms with Gasteiger partial charge in [-0.25, -0.2) is 8.42 Å². The number of ether oxygens (including phenoxy) is 1. The average Bonchev–Trinajstić information content (AvgIpc) is 2.20. The van der Waals surface area contributed by atoms with Crippen molar-refractivity contribution in [2.45, 2.75) is 6.92 Å². The lowest BCUT2D eigenvalue weighted by molar-refractivity contribution is 0.341. The van der Waals surface area contributed by atoms with E-state index in [2.05, 4.69) is 5.92 Å². The van der Waals surface area contributed by atoms with E-state index in [0.717, 1.165) is 5.56 Å². The Morgan fingerprint density at radius 1 is 1.31 bits per heavy atom. The van der Waals surface area contributed by atoms with E-state index >= 15 is 0 Å². The molecule has 0 unspecified atom stereocenters. The molecule has 0 radical (unpaired) electrons. The highest BCUT2D eigenvalue weighted by atomic mass is 32.2. The number of terminal acetylenes is 1. The zero-order valence-corrected chi connectivity index (χ0v) is 9.96. The summed E-state index contributed by atoms with van der Waals surface area (Å²) >= 11 is 0. The van der Waals surface area contributed by atoms with Crippen molar-refractivity contribution in [3.05, 3.63) is 29.8 Å². The SMILES string of the molecule is C#CCS(=O)(=O)CCOc1ccc(C)cc1. The van der Waals surface area contributed by atoms with Crippen LogP contribution in [-0.2, 0) is 9.84 Å². The summed E-state index contributed by atoms with van der Waals surface area (Å²) in [5.74, 6) is 2.51. The zero-order chi connectivity index (χ0) is 12.0. The molecular formula is C12H14O3S. The molecule has 0 aliphatic carbocycles. The molecule has 0 N–H and O–H groups in total. The van der Waals surface area contributed by atoms with Crippen LogP contribution in [0.15, 0.2) is 24.3 Å². The molecule has 3 nitrogen and oxygen atoms in total. The Morgan fingerprint density at radius 3 is 2.50 bits per heavy atom. The minimum atomic E-state index is -3.17. The van der Waals surface area contributed by atoms with E-state index in [4.69, 9.17) is 11.2 Å². The van der Waals surface area contributed by atoms with Gasteiger partial charge >= 0.3 is 0 Å². The summed E-state index contributed by atoms with van der Waals surface area (Å²) in [6.45, 7) is 2.11. The zero-order valence-electron chi connectivity index (χ0n) is 9.14. The molecule has 0 aromatic heterocycles. The molecule has 1 aromatic carbocycles. The standard InChI is InChI=1S/C12H14O3S/c1-3-9-16(13,14)10-8-15-12-6-4-11(2)5-7-12/h1,4-7H,8-10H2,2H3. The van der Waals surface area contributed by atoms with Crippen LogP contribution < -0.4 is 4.74 Å². The Labute approximate surface area is 96.4 Å². The lowest BCUT2D eigenvalue weighted by Crippen LogP contribution is -2.16. The lowest BCUT2D eigenvalue weighted by atomic mass is 10.2. The molecule has 0 heterocycles. The van der Waals surface area contributed by atoms with Crippen LogP contribution in [0.4, 0.5) is 0 Å². The van der Waals surface area contributed by atoms with E-state index in [1.54, 1.807) is 0 Å². The predicted molar refractivity (Wildman–Crippen MR) is 64.2 cm³/mol. The largest absolute Gasteiger partial charge is 0.493 e. The monoisotopic (exact) mass is 238 g/mol. The van der Waals surface area contributed by atoms with Crippen LogP contribution in [0.1, 0.15) is 5.56 Å². The quantitative estimate of drug-likeness (QED) is 0.729. The first-order valence-electron chi connectivity index (χ1n) is 4.87. The van der Waals surface area contributed by atoms with Gasteiger partial charge in [0, 0.05) is 0 Å². The lowest BCUT2D eigenvalue weighted by Gasteiger charge is -2.05. The molecule has 0 saturated carbocycles. The Balaban J connectivity index is 2.42. The van der Waals surface area contributed by atoms with Crippen molar-refractivity contribution in [1.29, 1.82) is 0 Å². The van der Waals surface area contributed by atoms with Crippen LogP contribution >= 0.6 is 0 Å². The number of rotatable bonds is 5. The summed E-state index contributed by atoms with van der Waals surface area (Å²) < 4.78 is 27.8. The molecule has 1 aromatic rings. The second kappa shape index (κ2) is 5.57. The van der Waals surface area contributed by atoms with Crippen LogP contribution in [-0.4, -0.2) is 26.5 Å². The first kappa shape index (κ1) is 12.6. The van der Waals surface area contributed by atoms with E-state index < -0.39 is 9.84 Å². The van der Waals surface area contributed by atoms with Gasteiger partial charge in [0.15, 0.2) is 9.84 Å². The van der Waals surface area contributed by atoms with Crippen molar-refractivity contribution in [1.82, 2.24) is 0 Å². The van der Waals surface area contributed by atoms with Crippen molar-refractivity contribution in [3.63, 3.8) is 0 Å².